The molecule has 3 heteroatoms. The lowest BCUT2D eigenvalue weighted by molar-refractivity contribution is 0.137. The van der Waals surface area contributed by atoms with Gasteiger partial charge in [-0.15, -0.1) is 6.58 Å². The van der Waals surface area contributed by atoms with Gasteiger partial charge in [0.2, 0.25) is 0 Å². The van der Waals surface area contributed by atoms with Crippen molar-refractivity contribution in [3.63, 3.8) is 0 Å². The lowest BCUT2D eigenvalue weighted by atomic mass is 10.3. The van der Waals surface area contributed by atoms with Crippen LogP contribution in [0.25, 0.3) is 0 Å². The minimum absolute atomic E-state index is 0.787. The molecule has 0 bridgehead atoms. The maximum atomic E-state index is 5.36. The molecule has 0 aliphatic heterocycles. The summed E-state index contributed by atoms with van der Waals surface area (Å²) >= 11 is 0. The fourth-order valence-corrected chi connectivity index (χ4v) is 1.14. The van der Waals surface area contributed by atoms with E-state index in [0.29, 0.717) is 0 Å². The fourth-order valence-electron chi connectivity index (χ4n) is 1.14. The molecule has 0 aliphatic rings. The highest BCUT2D eigenvalue weighted by molar-refractivity contribution is 4.64. The molecule has 90 valence electrons. The van der Waals surface area contributed by atoms with Crippen molar-refractivity contribution < 1.29 is 9.47 Å². The molecule has 0 rings (SSSR count). The van der Waals surface area contributed by atoms with Crippen LogP contribution in [-0.2, 0) is 9.47 Å². The molecule has 0 radical (unpaired) electrons. The quantitative estimate of drug-likeness (QED) is 0.399. The van der Waals surface area contributed by atoms with E-state index in [2.05, 4.69) is 11.9 Å². The first-order valence-electron chi connectivity index (χ1n) is 5.89. The van der Waals surface area contributed by atoms with Crippen molar-refractivity contribution in [2.45, 2.75) is 26.2 Å². The molecule has 3 nitrogen and oxygen atoms in total. The van der Waals surface area contributed by atoms with Gasteiger partial charge in [-0.1, -0.05) is 6.08 Å². The summed E-state index contributed by atoms with van der Waals surface area (Å²) in [4.78, 5) is 0. The molecule has 0 saturated carbocycles. The third kappa shape index (κ3) is 13.6. The fraction of sp³-hybridized carbons (Fsp3) is 0.833. The van der Waals surface area contributed by atoms with Crippen molar-refractivity contribution in [1.82, 2.24) is 5.32 Å². The molecule has 0 amide bonds. The van der Waals surface area contributed by atoms with Crippen molar-refractivity contribution in [3.05, 3.63) is 12.7 Å². The summed E-state index contributed by atoms with van der Waals surface area (Å²) in [6.45, 7) is 10.9. The minimum Gasteiger partial charge on any atom is -0.382 e. The molecule has 0 spiro atoms. The van der Waals surface area contributed by atoms with Crippen LogP contribution in [0.5, 0.6) is 0 Å². The van der Waals surface area contributed by atoms with Crippen LogP contribution in [0, 0.1) is 0 Å². The van der Waals surface area contributed by atoms with E-state index in [0.717, 1.165) is 52.4 Å². The molecule has 0 aromatic carbocycles. The Labute approximate surface area is 93.8 Å². The van der Waals surface area contributed by atoms with Crippen LogP contribution >= 0.6 is 0 Å². The molecule has 0 aromatic heterocycles. The summed E-state index contributed by atoms with van der Waals surface area (Å²) in [5, 5.41) is 3.33. The molecular weight excluding hydrogens is 190 g/mol. The van der Waals surface area contributed by atoms with E-state index in [9.17, 15) is 0 Å². The molecule has 0 fully saturated rings. The Hall–Kier alpha value is -0.380. The predicted octanol–water partition coefficient (Wildman–Crippen LogP) is 1.99. The van der Waals surface area contributed by atoms with E-state index in [1.165, 1.54) is 6.42 Å². The SMILES string of the molecule is C=CCCOCCNCCCCOCC. The summed E-state index contributed by atoms with van der Waals surface area (Å²) in [6, 6.07) is 0. The smallest absolute Gasteiger partial charge is 0.0591 e. The summed E-state index contributed by atoms with van der Waals surface area (Å²) < 4.78 is 10.6. The van der Waals surface area contributed by atoms with Crippen molar-refractivity contribution in [2.24, 2.45) is 0 Å². The monoisotopic (exact) mass is 215 g/mol. The zero-order valence-corrected chi connectivity index (χ0v) is 9.96. The first-order chi connectivity index (χ1) is 7.41. The van der Waals surface area contributed by atoms with Gasteiger partial charge in [0.05, 0.1) is 13.2 Å². The van der Waals surface area contributed by atoms with Crippen LogP contribution in [0.15, 0.2) is 12.7 Å². The van der Waals surface area contributed by atoms with E-state index in [1.54, 1.807) is 0 Å². The average molecular weight is 215 g/mol. The Morgan fingerprint density at radius 2 is 1.93 bits per heavy atom. The average Bonchev–Trinajstić information content (AvgIpc) is 2.26. The summed E-state index contributed by atoms with van der Waals surface area (Å²) in [5.74, 6) is 0. The van der Waals surface area contributed by atoms with Gasteiger partial charge >= 0.3 is 0 Å². The van der Waals surface area contributed by atoms with Gasteiger partial charge in [-0.25, -0.2) is 0 Å². The van der Waals surface area contributed by atoms with Gasteiger partial charge in [-0.05, 0) is 32.7 Å². The molecule has 1 N–H and O–H groups in total. The molecule has 0 atom stereocenters. The molecule has 0 aliphatic carbocycles. The maximum absolute atomic E-state index is 5.36. The standard InChI is InChI=1S/C12H25NO2/c1-3-5-10-15-12-9-13-8-6-7-11-14-4-2/h3,13H,1,4-12H2,2H3. The lowest BCUT2D eigenvalue weighted by Crippen LogP contribution is -2.21. The van der Waals surface area contributed by atoms with Gasteiger partial charge in [0.15, 0.2) is 0 Å². The first-order valence-corrected chi connectivity index (χ1v) is 5.89. The molecule has 0 aromatic rings. The second-order valence-electron chi connectivity index (χ2n) is 3.34. The highest BCUT2D eigenvalue weighted by Gasteiger charge is 1.90. The van der Waals surface area contributed by atoms with Crippen LogP contribution in [0.1, 0.15) is 26.2 Å². The van der Waals surface area contributed by atoms with Gasteiger partial charge in [0.25, 0.3) is 0 Å². The Morgan fingerprint density at radius 3 is 2.67 bits per heavy atom. The normalized spacial score (nSPS) is 10.5. The second-order valence-corrected chi connectivity index (χ2v) is 3.34. The van der Waals surface area contributed by atoms with Gasteiger partial charge in [-0.2, -0.15) is 0 Å². The molecule has 0 heterocycles. The van der Waals surface area contributed by atoms with Crippen LogP contribution in [0.2, 0.25) is 0 Å². The van der Waals surface area contributed by atoms with E-state index in [4.69, 9.17) is 9.47 Å². The number of hydrogen-bond donors (Lipinski definition) is 1. The Kier molecular flexibility index (Phi) is 13.3. The summed E-state index contributed by atoms with van der Waals surface area (Å²) in [7, 11) is 0. The third-order valence-electron chi connectivity index (χ3n) is 1.99. The van der Waals surface area contributed by atoms with Crippen LogP contribution in [0.3, 0.4) is 0 Å². The topological polar surface area (TPSA) is 30.5 Å². The maximum Gasteiger partial charge on any atom is 0.0591 e. The Balaban J connectivity index is 2.83. The zero-order valence-electron chi connectivity index (χ0n) is 9.96. The van der Waals surface area contributed by atoms with Crippen molar-refractivity contribution in [1.29, 1.82) is 0 Å². The molecule has 0 unspecified atom stereocenters. The van der Waals surface area contributed by atoms with Crippen LogP contribution in [-0.4, -0.2) is 39.5 Å². The van der Waals surface area contributed by atoms with E-state index in [-0.39, 0.29) is 0 Å². The van der Waals surface area contributed by atoms with Gasteiger partial charge in [0, 0.05) is 19.8 Å². The van der Waals surface area contributed by atoms with Gasteiger partial charge in [-0.3, -0.25) is 0 Å². The summed E-state index contributed by atoms with van der Waals surface area (Å²) in [5.41, 5.74) is 0. The number of ether oxygens (including phenoxy) is 2. The van der Waals surface area contributed by atoms with Crippen LogP contribution in [0.4, 0.5) is 0 Å². The minimum atomic E-state index is 0.787. The molecular formula is C12H25NO2. The Morgan fingerprint density at radius 1 is 1.07 bits per heavy atom. The second kappa shape index (κ2) is 13.6. The Bertz CT molecular complexity index is 129. The van der Waals surface area contributed by atoms with E-state index in [1.807, 2.05) is 13.0 Å². The predicted molar refractivity (Wildman–Crippen MR) is 64.2 cm³/mol. The lowest BCUT2D eigenvalue weighted by Gasteiger charge is -2.05. The van der Waals surface area contributed by atoms with Crippen molar-refractivity contribution in [2.75, 3.05) is 39.5 Å². The number of nitrogens with one attached hydrogen (secondary N) is 1. The molecule has 15 heavy (non-hydrogen) atoms. The zero-order chi connectivity index (χ0) is 11.2. The largest absolute Gasteiger partial charge is 0.382 e. The highest BCUT2D eigenvalue weighted by Crippen LogP contribution is 1.88. The number of hydrogen-bond acceptors (Lipinski definition) is 3. The van der Waals surface area contributed by atoms with E-state index < -0.39 is 0 Å². The molecule has 0 saturated heterocycles. The van der Waals surface area contributed by atoms with E-state index >= 15 is 0 Å². The van der Waals surface area contributed by atoms with Crippen LogP contribution < -0.4 is 5.32 Å². The third-order valence-corrected chi connectivity index (χ3v) is 1.99. The van der Waals surface area contributed by atoms with Gasteiger partial charge in [0.1, 0.15) is 0 Å². The first kappa shape index (κ1) is 14.6. The highest BCUT2D eigenvalue weighted by atomic mass is 16.5. The number of rotatable bonds is 12. The van der Waals surface area contributed by atoms with Crippen molar-refractivity contribution >= 4 is 0 Å². The summed E-state index contributed by atoms with van der Waals surface area (Å²) in [6.07, 6.45) is 5.13. The number of unbranched alkanes of at least 4 members (excludes halogenated alkanes) is 1. The van der Waals surface area contributed by atoms with Crippen molar-refractivity contribution in [3.8, 4) is 0 Å². The van der Waals surface area contributed by atoms with Gasteiger partial charge < -0.3 is 14.8 Å².